The molecule has 0 saturated heterocycles. The van der Waals surface area contributed by atoms with Gasteiger partial charge in [-0.05, 0) is 42.3 Å². The van der Waals surface area contributed by atoms with E-state index in [1.807, 2.05) is 36.4 Å². The molecule has 0 spiro atoms. The van der Waals surface area contributed by atoms with Gasteiger partial charge in [0.1, 0.15) is 18.2 Å². The van der Waals surface area contributed by atoms with Crippen molar-refractivity contribution in [3.05, 3.63) is 68.7 Å². The third-order valence-corrected chi connectivity index (χ3v) is 4.63. The van der Waals surface area contributed by atoms with Gasteiger partial charge in [0, 0.05) is 10.9 Å². The molecule has 1 heterocycles. The van der Waals surface area contributed by atoms with Crippen LogP contribution in [0.1, 0.15) is 31.2 Å². The molecular formula is C22H20BrN3O2. The molecule has 0 amide bonds. The van der Waals surface area contributed by atoms with Gasteiger partial charge in [-0.15, -0.1) is 6.42 Å². The number of terminal acetylenes is 1. The van der Waals surface area contributed by atoms with Crippen LogP contribution in [-0.4, -0.2) is 22.5 Å². The van der Waals surface area contributed by atoms with E-state index in [0.29, 0.717) is 28.9 Å². The van der Waals surface area contributed by atoms with Crippen LogP contribution < -0.4 is 10.3 Å². The van der Waals surface area contributed by atoms with Crippen molar-refractivity contribution in [3.8, 4) is 18.1 Å². The number of benzene rings is 2. The van der Waals surface area contributed by atoms with E-state index >= 15 is 0 Å². The van der Waals surface area contributed by atoms with Crippen LogP contribution in [0, 0.1) is 12.3 Å². The van der Waals surface area contributed by atoms with Crippen LogP contribution in [0.4, 0.5) is 0 Å². The number of aryl methyl sites for hydroxylation is 1. The summed E-state index contributed by atoms with van der Waals surface area (Å²) in [5, 5.41) is 4.96. The number of rotatable bonds is 7. The summed E-state index contributed by atoms with van der Waals surface area (Å²) in [6.45, 7) is 2.30. The van der Waals surface area contributed by atoms with Crippen LogP contribution in [0.3, 0.4) is 0 Å². The molecule has 0 atom stereocenters. The molecule has 0 aliphatic carbocycles. The minimum absolute atomic E-state index is 0.187. The second kappa shape index (κ2) is 9.34. The molecule has 0 saturated carbocycles. The fraction of sp³-hybridized carbons (Fsp3) is 0.227. The molecule has 6 heteroatoms. The second-order valence-corrected chi connectivity index (χ2v) is 7.14. The van der Waals surface area contributed by atoms with Crippen molar-refractivity contribution in [3.63, 3.8) is 0 Å². The van der Waals surface area contributed by atoms with Crippen molar-refractivity contribution in [1.29, 1.82) is 0 Å². The number of hydrogen-bond donors (Lipinski definition) is 0. The van der Waals surface area contributed by atoms with Gasteiger partial charge in [0.2, 0.25) is 0 Å². The Bertz CT molecular complexity index is 1110. The summed E-state index contributed by atoms with van der Waals surface area (Å²) < 4.78 is 7.65. The van der Waals surface area contributed by atoms with Gasteiger partial charge in [-0.1, -0.05) is 47.3 Å². The first-order chi connectivity index (χ1) is 13.6. The first-order valence-electron chi connectivity index (χ1n) is 9.04. The average molecular weight is 438 g/mol. The van der Waals surface area contributed by atoms with Crippen LogP contribution in [0.25, 0.3) is 10.9 Å². The highest BCUT2D eigenvalue weighted by Gasteiger charge is 2.10. The number of aromatic nitrogens is 2. The zero-order valence-corrected chi connectivity index (χ0v) is 17.1. The van der Waals surface area contributed by atoms with E-state index in [1.54, 1.807) is 12.3 Å². The lowest BCUT2D eigenvalue weighted by Crippen LogP contribution is -2.22. The van der Waals surface area contributed by atoms with E-state index in [1.165, 1.54) is 4.68 Å². The van der Waals surface area contributed by atoms with Crippen LogP contribution in [0.15, 0.2) is 56.8 Å². The smallest absolute Gasteiger partial charge is 0.282 e. The largest absolute Gasteiger partial charge is 0.481 e. The van der Waals surface area contributed by atoms with Crippen LogP contribution >= 0.6 is 15.9 Å². The monoisotopic (exact) mass is 437 g/mol. The lowest BCUT2D eigenvalue weighted by molar-refractivity contribution is 0.370. The van der Waals surface area contributed by atoms with Gasteiger partial charge in [0.15, 0.2) is 0 Å². The standard InChI is InChI=1S/C22H20BrN3O2/c1-3-5-9-21-25-20-11-10-17(23)14-19(20)22(27)26(21)24-15-16-7-6-8-18(13-16)28-12-4-2/h2,6-8,10-11,13-15H,3,5,9,12H2,1H3. The number of hydrogen-bond acceptors (Lipinski definition) is 4. The Labute approximate surface area is 172 Å². The predicted octanol–water partition coefficient (Wildman–Crippen LogP) is 4.40. The number of halogens is 1. The summed E-state index contributed by atoms with van der Waals surface area (Å²) >= 11 is 3.41. The highest BCUT2D eigenvalue weighted by molar-refractivity contribution is 9.10. The van der Waals surface area contributed by atoms with Gasteiger partial charge in [-0.2, -0.15) is 9.78 Å². The van der Waals surface area contributed by atoms with Crippen molar-refractivity contribution >= 4 is 33.0 Å². The van der Waals surface area contributed by atoms with Gasteiger partial charge in [-0.25, -0.2) is 4.98 Å². The summed E-state index contributed by atoms with van der Waals surface area (Å²) in [6.07, 6.45) is 9.48. The molecule has 3 rings (SSSR count). The van der Waals surface area contributed by atoms with E-state index in [0.717, 1.165) is 22.9 Å². The molecule has 0 N–H and O–H groups in total. The molecule has 0 fully saturated rings. The highest BCUT2D eigenvalue weighted by atomic mass is 79.9. The van der Waals surface area contributed by atoms with Crippen molar-refractivity contribution in [2.45, 2.75) is 26.2 Å². The molecule has 28 heavy (non-hydrogen) atoms. The number of unbranched alkanes of at least 4 members (excludes halogenated alkanes) is 1. The zero-order valence-electron chi connectivity index (χ0n) is 15.6. The Balaban J connectivity index is 2.03. The Morgan fingerprint density at radius 1 is 1.32 bits per heavy atom. The maximum atomic E-state index is 13.0. The quantitative estimate of drug-likeness (QED) is 0.406. The second-order valence-electron chi connectivity index (χ2n) is 6.22. The molecule has 2 aromatic carbocycles. The summed E-state index contributed by atoms with van der Waals surface area (Å²) in [4.78, 5) is 17.7. The molecule has 0 aliphatic rings. The summed E-state index contributed by atoms with van der Waals surface area (Å²) in [5.41, 5.74) is 1.29. The maximum absolute atomic E-state index is 13.0. The van der Waals surface area contributed by atoms with E-state index in [-0.39, 0.29) is 12.2 Å². The summed E-state index contributed by atoms with van der Waals surface area (Å²) in [5.74, 6) is 3.74. The lowest BCUT2D eigenvalue weighted by atomic mass is 10.2. The molecule has 142 valence electrons. The van der Waals surface area contributed by atoms with Crippen molar-refractivity contribution in [2.24, 2.45) is 5.10 Å². The Morgan fingerprint density at radius 2 is 2.18 bits per heavy atom. The van der Waals surface area contributed by atoms with Crippen LogP contribution in [0.5, 0.6) is 5.75 Å². The lowest BCUT2D eigenvalue weighted by Gasteiger charge is -2.09. The van der Waals surface area contributed by atoms with Gasteiger partial charge in [0.05, 0.1) is 17.1 Å². The molecule has 3 aromatic rings. The van der Waals surface area contributed by atoms with Gasteiger partial charge in [0.25, 0.3) is 5.56 Å². The fourth-order valence-electron chi connectivity index (χ4n) is 2.74. The molecule has 0 bridgehead atoms. The van der Waals surface area contributed by atoms with E-state index in [4.69, 9.17) is 11.2 Å². The molecular weight excluding hydrogens is 418 g/mol. The van der Waals surface area contributed by atoms with E-state index in [9.17, 15) is 4.79 Å². The molecule has 0 unspecified atom stereocenters. The minimum atomic E-state index is -0.187. The van der Waals surface area contributed by atoms with Crippen LogP contribution in [-0.2, 0) is 6.42 Å². The summed E-state index contributed by atoms with van der Waals surface area (Å²) in [7, 11) is 0. The first kappa shape index (κ1) is 19.8. The van der Waals surface area contributed by atoms with Gasteiger partial charge >= 0.3 is 0 Å². The van der Waals surface area contributed by atoms with E-state index in [2.05, 4.69) is 38.9 Å². The number of fused-ring (bicyclic) bond motifs is 1. The van der Waals surface area contributed by atoms with Crippen molar-refractivity contribution in [1.82, 2.24) is 9.66 Å². The van der Waals surface area contributed by atoms with Crippen molar-refractivity contribution < 1.29 is 4.74 Å². The molecule has 0 aliphatic heterocycles. The molecule has 5 nitrogen and oxygen atoms in total. The van der Waals surface area contributed by atoms with Crippen LogP contribution in [0.2, 0.25) is 0 Å². The third kappa shape index (κ3) is 4.68. The Kier molecular flexibility index (Phi) is 6.62. The molecule has 0 radical (unpaired) electrons. The molecule has 1 aromatic heterocycles. The third-order valence-electron chi connectivity index (χ3n) is 4.13. The number of nitrogens with zero attached hydrogens (tertiary/aromatic N) is 3. The number of ether oxygens (including phenoxy) is 1. The van der Waals surface area contributed by atoms with Gasteiger partial charge < -0.3 is 4.74 Å². The predicted molar refractivity (Wildman–Crippen MR) is 116 cm³/mol. The highest BCUT2D eigenvalue weighted by Crippen LogP contribution is 2.17. The fourth-order valence-corrected chi connectivity index (χ4v) is 3.11. The average Bonchev–Trinajstić information content (AvgIpc) is 2.71. The van der Waals surface area contributed by atoms with Gasteiger partial charge in [-0.3, -0.25) is 4.79 Å². The van der Waals surface area contributed by atoms with E-state index < -0.39 is 0 Å². The zero-order chi connectivity index (χ0) is 19.9. The summed E-state index contributed by atoms with van der Waals surface area (Å²) in [6, 6.07) is 12.9. The Hall–Kier alpha value is -2.91. The SMILES string of the molecule is C#CCOc1cccc(C=Nn2c(CCCC)nc3ccc(Br)cc3c2=O)c1. The maximum Gasteiger partial charge on any atom is 0.282 e. The Morgan fingerprint density at radius 3 is 2.96 bits per heavy atom. The topological polar surface area (TPSA) is 56.5 Å². The minimum Gasteiger partial charge on any atom is -0.481 e. The normalized spacial score (nSPS) is 11.0. The van der Waals surface area contributed by atoms with Crippen molar-refractivity contribution in [2.75, 3.05) is 6.61 Å². The first-order valence-corrected chi connectivity index (χ1v) is 9.83.